The number of allylic oxidation sites excluding steroid dienone is 3. The maximum absolute atomic E-state index is 12.2. The van der Waals surface area contributed by atoms with E-state index >= 15 is 0 Å². The second-order valence-electron chi connectivity index (χ2n) is 48.9. The van der Waals surface area contributed by atoms with Gasteiger partial charge in [0.05, 0.1) is 39.4 Å². The van der Waals surface area contributed by atoms with Gasteiger partial charge in [-0.3, -0.25) is 24.1 Å². The quantitative estimate of drug-likeness (QED) is 0.0121. The smallest absolute Gasteiger partial charge is 0.407 e. The number of quaternary nitrogens is 1. The number of rotatable bonds is 49. The average Bonchev–Trinajstić information content (AvgIpc) is 1.65. The molecule has 804 valence electrons. The number of hydrogen-bond donors (Lipinski definition) is 9. The van der Waals surface area contributed by atoms with Crippen LogP contribution in [0.4, 0.5) is 9.59 Å². The number of nitrogens with one attached hydrogen (secondary N) is 3. The van der Waals surface area contributed by atoms with Crippen LogP contribution in [-0.4, -0.2) is 217 Å². The Hall–Kier alpha value is -2.42. The molecular weight excluding hydrogens is 1850 g/mol. The molecule has 0 heterocycles. The Labute approximate surface area is 883 Å². The highest BCUT2D eigenvalue weighted by Gasteiger charge is 2.63. The molecule has 25 atom stereocenters. The molecule has 3 N–H and O–H groups in total. The Morgan fingerprint density at radius 3 is 1.04 bits per heavy atom. The lowest BCUT2D eigenvalue weighted by molar-refractivity contribution is -0.878. The standard InChI is InChI=1S/C31H52O2S.2C30H51NO2S.C24H48N4O6S3.2H2/c1-21(2)8-6-9-22(3)26-13-14-27-25-12-11-23-20-24(33-29(32)10-7-19-34)15-17-30(23,4)28(25)16-18-31(26,27)5;2*1-20(2)7-6-8-21(3)25-11-12-26-24-10-9-22-19-23(33-28(32)31-17-18-34)13-15-29(22,4)27(24)14-16-30(25,26)5;1-25(7-4-22(29)32-16-19-35)10-13-28(14-11-26(2)8-5-23(30)33-17-20-36)15-12-27(3)9-6-24(31)34-18-21-37;;/h11,21-22,24-28,34H,6-10,12-20H2,1-5H3;2*9,20-21,23-27,34H,6-8,10-19H2,1-5H3,(H,31,32);35-37H,4-21H2,1-3H3;2*1H/p+1/t22-,24?,25?,26-,27+,28?,30+,31-;2*21-,23?,24?,25-,26+,27+,29+,30-;;;/m111.../s1. The Morgan fingerprint density at radius 2 is 0.712 bits per heavy atom. The highest BCUT2D eigenvalue weighted by Crippen LogP contribution is 2.71. The molecule has 0 spiro atoms. The van der Waals surface area contributed by atoms with Gasteiger partial charge in [0, 0.05) is 116 Å². The lowest BCUT2D eigenvalue weighted by Gasteiger charge is -2.58. The number of ether oxygens (including phenoxy) is 6. The van der Waals surface area contributed by atoms with Crippen molar-refractivity contribution in [2.45, 2.75) is 366 Å². The molecule has 9 saturated carbocycles. The van der Waals surface area contributed by atoms with Gasteiger partial charge in [-0.1, -0.05) is 197 Å². The van der Waals surface area contributed by atoms with Crippen molar-refractivity contribution in [1.82, 2.24) is 25.3 Å². The minimum Gasteiger partial charge on any atom is -0.465 e. The highest BCUT2D eigenvalue weighted by molar-refractivity contribution is 7.81. The van der Waals surface area contributed by atoms with E-state index in [-0.39, 0.29) is 57.2 Å². The van der Waals surface area contributed by atoms with Crippen molar-refractivity contribution >= 4 is 112 Å². The molecule has 8 unspecified atom stereocenters. The summed E-state index contributed by atoms with van der Waals surface area (Å²) in [5.41, 5.74) is 7.40. The van der Waals surface area contributed by atoms with Gasteiger partial charge in [0.2, 0.25) is 0 Å². The van der Waals surface area contributed by atoms with Crippen LogP contribution in [0.3, 0.4) is 0 Å². The third-order valence-corrected chi connectivity index (χ3v) is 39.9. The maximum Gasteiger partial charge on any atom is 0.407 e. The number of esters is 4. The number of fused-ring (bicyclic) bond motifs is 15. The van der Waals surface area contributed by atoms with Gasteiger partial charge in [0.15, 0.2) is 0 Å². The molecule has 0 aliphatic heterocycles. The van der Waals surface area contributed by atoms with Crippen molar-refractivity contribution in [3.05, 3.63) is 34.9 Å². The van der Waals surface area contributed by atoms with Crippen molar-refractivity contribution in [3.8, 4) is 0 Å². The van der Waals surface area contributed by atoms with E-state index in [1.165, 1.54) is 178 Å². The summed E-state index contributed by atoms with van der Waals surface area (Å²) in [5.74, 6) is 18.7. The predicted octanol–water partition coefficient (Wildman–Crippen LogP) is 24.5. The normalized spacial score (nSPS) is 32.7. The molecule has 139 heavy (non-hydrogen) atoms. The molecular formula is C115H207N6O12S6+. The molecule has 12 aliphatic rings. The number of hydrogen-bond acceptors (Lipinski definition) is 21. The van der Waals surface area contributed by atoms with Crippen LogP contribution >= 0.6 is 75.8 Å². The summed E-state index contributed by atoms with van der Waals surface area (Å²) in [6.45, 7) is 46.8. The van der Waals surface area contributed by atoms with E-state index < -0.39 is 0 Å². The predicted molar refractivity (Wildman–Crippen MR) is 597 cm³/mol. The van der Waals surface area contributed by atoms with Crippen molar-refractivity contribution in [3.63, 3.8) is 0 Å². The molecule has 9 fully saturated rings. The summed E-state index contributed by atoms with van der Waals surface area (Å²) in [6.07, 6.45) is 52.9. The summed E-state index contributed by atoms with van der Waals surface area (Å²) in [6, 6.07) is 0. The minimum atomic E-state index is -0.273. The first-order chi connectivity index (χ1) is 66.3. The van der Waals surface area contributed by atoms with Gasteiger partial charge in [0.25, 0.3) is 0 Å². The maximum atomic E-state index is 12.2. The van der Waals surface area contributed by atoms with Gasteiger partial charge in [-0.15, -0.1) is 0 Å². The number of carbonyl (C=O) groups is 6. The molecule has 24 heteroatoms. The lowest BCUT2D eigenvalue weighted by atomic mass is 9.47. The highest BCUT2D eigenvalue weighted by atomic mass is 32.1. The van der Waals surface area contributed by atoms with E-state index in [1.54, 1.807) is 16.7 Å². The van der Waals surface area contributed by atoms with E-state index in [0.717, 1.165) is 196 Å². The third kappa shape index (κ3) is 33.8. The zero-order valence-electron chi connectivity index (χ0n) is 90.8. The molecule has 0 aromatic carbocycles. The van der Waals surface area contributed by atoms with Crippen LogP contribution in [0.2, 0.25) is 0 Å². The second-order valence-corrected chi connectivity index (χ2v) is 51.6. The summed E-state index contributed by atoms with van der Waals surface area (Å²) < 4.78 is 32.7. The van der Waals surface area contributed by atoms with Gasteiger partial charge in [-0.05, 0) is 300 Å². The van der Waals surface area contributed by atoms with E-state index in [9.17, 15) is 28.8 Å². The van der Waals surface area contributed by atoms with E-state index in [4.69, 9.17) is 28.4 Å². The van der Waals surface area contributed by atoms with Crippen LogP contribution in [0.25, 0.3) is 0 Å². The Kier molecular flexibility index (Phi) is 50.7. The molecule has 2 amide bonds. The molecule has 0 saturated heterocycles. The fourth-order valence-corrected chi connectivity index (χ4v) is 31.3. The molecule has 0 radical (unpaired) electrons. The topological polar surface area (TPSA) is 196 Å². The minimum absolute atomic E-state index is 0. The summed E-state index contributed by atoms with van der Waals surface area (Å²) in [7, 11) is 6.08. The number of nitrogens with zero attached hydrogens (tertiary/aromatic N) is 3. The molecule has 12 rings (SSSR count). The van der Waals surface area contributed by atoms with Crippen molar-refractivity contribution in [2.24, 2.45) is 139 Å². The number of alkyl carbamates (subject to hydrolysis) is 2. The molecule has 18 nitrogen and oxygen atoms in total. The molecule has 0 bridgehead atoms. The summed E-state index contributed by atoms with van der Waals surface area (Å²) in [5, 5.41) is 5.62. The monoisotopic (exact) mass is 2060 g/mol. The van der Waals surface area contributed by atoms with Gasteiger partial charge in [-0.25, -0.2) is 9.59 Å². The first kappa shape index (κ1) is 120. The largest absolute Gasteiger partial charge is 0.465 e. The number of thiol groups is 6. The summed E-state index contributed by atoms with van der Waals surface area (Å²) in [4.78, 5) is 79.6. The van der Waals surface area contributed by atoms with Gasteiger partial charge < -0.3 is 53.8 Å². The Morgan fingerprint density at radius 1 is 0.374 bits per heavy atom. The third-order valence-electron chi connectivity index (χ3n) is 38.6. The molecule has 12 aliphatic carbocycles. The van der Waals surface area contributed by atoms with Crippen LogP contribution in [0.1, 0.15) is 351 Å². The van der Waals surface area contributed by atoms with E-state index in [0.29, 0.717) is 139 Å². The fraction of sp³-hybridized carbons (Fsp3) is 0.896. The number of likely N-dealkylation sites (N-methyl/N-ethyl adjacent to an activating group) is 3. The van der Waals surface area contributed by atoms with Crippen molar-refractivity contribution in [2.75, 3.05) is 147 Å². The molecule has 0 aromatic rings. The summed E-state index contributed by atoms with van der Waals surface area (Å²) >= 11 is 24.7. The van der Waals surface area contributed by atoms with Gasteiger partial charge in [0.1, 0.15) is 38.1 Å². The number of amides is 2. The van der Waals surface area contributed by atoms with Crippen LogP contribution in [0.15, 0.2) is 34.9 Å². The molecule has 0 aromatic heterocycles. The first-order valence-corrected chi connectivity index (χ1v) is 60.3. The average molecular weight is 2060 g/mol. The van der Waals surface area contributed by atoms with E-state index in [2.05, 4.69) is 230 Å². The van der Waals surface area contributed by atoms with Crippen LogP contribution < -0.4 is 15.5 Å². The number of carbonyl (C=O) groups excluding carboxylic acids is 6. The SMILES string of the molecule is CC(C)CCC[C@@H](C)[C@H]1CC[C@H]2C3CC=C4CC(OC(=O)CCCS)CC[C@]4(C)C3CC[C@]12C.CC(C)CCC[C@@H](C)[C@H]1CC[C@H]2C3CC=C4CC(OC(=O)NCCS)CC[C@]4(C)[C@H]3CC[C@]12C.CC(C)CCC[C@@H](C)[C@H]1CC[C@H]2C3CC=C4CC(OC(=O)NCCS)CC[C@]4(C)[C@H]3CC[C@]12C.CN(CCC(=O)OCCS)CCN(CCN(C)CCC(=O)OCCS)CC[NH+](C)CCC(=O)OCCS.[HH].[HH]. The van der Waals surface area contributed by atoms with Gasteiger partial charge in [-0.2, -0.15) is 75.8 Å². The zero-order chi connectivity index (χ0) is 101. The van der Waals surface area contributed by atoms with Crippen LogP contribution in [0, 0.1) is 139 Å². The van der Waals surface area contributed by atoms with E-state index in [1.807, 2.05) is 14.1 Å². The first-order valence-electron chi connectivity index (χ1n) is 56.5. The Bertz CT molecular complexity index is 3460. The van der Waals surface area contributed by atoms with Crippen LogP contribution in [0.5, 0.6) is 0 Å². The lowest BCUT2D eigenvalue weighted by Crippen LogP contribution is -3.09. The zero-order valence-corrected chi connectivity index (χ0v) is 96.2. The van der Waals surface area contributed by atoms with Crippen molar-refractivity contribution in [1.29, 1.82) is 0 Å². The fourth-order valence-electron chi connectivity index (χ4n) is 30.7. The van der Waals surface area contributed by atoms with Crippen LogP contribution in [-0.2, 0) is 47.6 Å². The van der Waals surface area contributed by atoms with Gasteiger partial charge >= 0.3 is 36.1 Å². The second kappa shape index (κ2) is 58.7. The Balaban J connectivity index is 0.000000254. The van der Waals surface area contributed by atoms with Crippen molar-refractivity contribution < 1.29 is 64.9 Å².